The predicted octanol–water partition coefficient (Wildman–Crippen LogP) is 5.77. The first-order valence-electron chi connectivity index (χ1n) is 13.2. The average Bonchev–Trinajstić information content (AvgIpc) is 3.19. The maximum atomic E-state index is 13.3. The lowest BCUT2D eigenvalue weighted by molar-refractivity contribution is -0.384. The van der Waals surface area contributed by atoms with Gasteiger partial charge in [0.1, 0.15) is 21.1 Å². The van der Waals surface area contributed by atoms with Crippen molar-refractivity contribution in [1.29, 1.82) is 0 Å². The lowest BCUT2D eigenvalue weighted by Crippen LogP contribution is -2.45. The monoisotopic (exact) mass is 634 g/mol. The third-order valence-electron chi connectivity index (χ3n) is 7.68. The molecular weight excluding hydrogens is 607 g/mol. The van der Waals surface area contributed by atoms with Gasteiger partial charge in [-0.3, -0.25) is 29.8 Å². The summed E-state index contributed by atoms with van der Waals surface area (Å²) in [5.74, 6) is -1.01. The van der Waals surface area contributed by atoms with Crippen LogP contribution in [-0.2, 0) is 9.59 Å². The van der Waals surface area contributed by atoms with Gasteiger partial charge in [0.2, 0.25) is 0 Å². The molecule has 0 unspecified atom stereocenters. The van der Waals surface area contributed by atoms with Crippen LogP contribution in [0.15, 0.2) is 36.4 Å². The molecular formula is C27H28Cl2N6O8. The molecule has 0 saturated carbocycles. The maximum Gasteiger partial charge on any atom is 0.332 e. The third kappa shape index (κ3) is 5.47. The molecule has 2 aromatic carbocycles. The molecule has 2 fully saturated rings. The summed E-state index contributed by atoms with van der Waals surface area (Å²) < 4.78 is 0. The van der Waals surface area contributed by atoms with Crippen LogP contribution in [0.1, 0.15) is 47.0 Å². The standard InChI is InChI=1S/C27H28Cl2N6O8/c1-26(2)22(36)32(16-8-10-20(34(40)41)18(28)14-16)24(38)30(26)12-6-5-7-13-31-25(39)33(23(37)27(31,3)4)17-9-11-21(35(42)43)19(29)15-17/h8-11,14-15H,5-7,12-13H2,1-4H3. The highest BCUT2D eigenvalue weighted by atomic mass is 35.5. The molecule has 2 heterocycles. The number of carbonyl (C=O) groups is 4. The zero-order valence-corrected chi connectivity index (χ0v) is 25.2. The summed E-state index contributed by atoms with van der Waals surface area (Å²) in [6, 6.07) is 6.11. The first-order chi connectivity index (χ1) is 20.0. The van der Waals surface area contributed by atoms with E-state index in [-0.39, 0.29) is 45.9 Å². The number of nitro benzene ring substituents is 2. The molecule has 0 aliphatic carbocycles. The van der Waals surface area contributed by atoms with Gasteiger partial charge in [0.25, 0.3) is 23.2 Å². The minimum Gasteiger partial charge on any atom is -0.310 e. The molecule has 16 heteroatoms. The number of nitro groups is 2. The number of nitrogens with zero attached hydrogens (tertiary/aromatic N) is 6. The van der Waals surface area contributed by atoms with E-state index in [9.17, 15) is 39.4 Å². The number of benzene rings is 2. The smallest absolute Gasteiger partial charge is 0.310 e. The Morgan fingerprint density at radius 2 is 1.00 bits per heavy atom. The molecule has 0 aromatic heterocycles. The van der Waals surface area contributed by atoms with Gasteiger partial charge in [-0.2, -0.15) is 0 Å². The van der Waals surface area contributed by atoms with E-state index in [4.69, 9.17) is 23.2 Å². The lowest BCUT2D eigenvalue weighted by Gasteiger charge is -2.29. The number of anilines is 2. The van der Waals surface area contributed by atoms with Gasteiger partial charge in [-0.05, 0) is 71.2 Å². The topological polar surface area (TPSA) is 168 Å². The summed E-state index contributed by atoms with van der Waals surface area (Å²) >= 11 is 12.0. The molecule has 0 N–H and O–H groups in total. The van der Waals surface area contributed by atoms with Crippen molar-refractivity contribution >= 4 is 69.8 Å². The number of carbonyl (C=O) groups excluding carboxylic acids is 4. The number of imide groups is 2. The summed E-state index contributed by atoms with van der Waals surface area (Å²) in [7, 11) is 0. The minimum absolute atomic E-state index is 0.125. The van der Waals surface area contributed by atoms with Crippen molar-refractivity contribution in [3.8, 4) is 0 Å². The number of amides is 6. The van der Waals surface area contributed by atoms with Gasteiger partial charge in [-0.1, -0.05) is 23.2 Å². The van der Waals surface area contributed by atoms with Gasteiger partial charge >= 0.3 is 12.1 Å². The Balaban J connectivity index is 1.39. The second-order valence-electron chi connectivity index (χ2n) is 11.1. The van der Waals surface area contributed by atoms with Crippen LogP contribution in [0, 0.1) is 20.2 Å². The largest absolute Gasteiger partial charge is 0.332 e. The zero-order chi connectivity index (χ0) is 32.0. The molecule has 2 aliphatic rings. The average molecular weight is 635 g/mol. The molecule has 0 atom stereocenters. The van der Waals surface area contributed by atoms with E-state index in [0.717, 1.165) is 21.9 Å². The first kappa shape index (κ1) is 31.6. The maximum absolute atomic E-state index is 13.3. The highest BCUT2D eigenvalue weighted by Gasteiger charge is 2.53. The molecule has 228 valence electrons. The van der Waals surface area contributed by atoms with Crippen LogP contribution in [-0.4, -0.2) is 67.7 Å². The van der Waals surface area contributed by atoms with Crippen LogP contribution in [0.4, 0.5) is 32.3 Å². The number of urea groups is 2. The number of unbranched alkanes of at least 4 members (excludes halogenated alkanes) is 2. The van der Waals surface area contributed by atoms with Crippen molar-refractivity contribution in [3.63, 3.8) is 0 Å². The van der Waals surface area contributed by atoms with Crippen molar-refractivity contribution in [2.45, 2.75) is 58.0 Å². The zero-order valence-electron chi connectivity index (χ0n) is 23.7. The fourth-order valence-corrected chi connectivity index (χ4v) is 5.65. The van der Waals surface area contributed by atoms with Crippen molar-refractivity contribution in [3.05, 3.63) is 66.7 Å². The number of hydrogen-bond acceptors (Lipinski definition) is 8. The van der Waals surface area contributed by atoms with E-state index < -0.39 is 44.8 Å². The van der Waals surface area contributed by atoms with Gasteiger partial charge in [0.15, 0.2) is 0 Å². The molecule has 2 saturated heterocycles. The molecule has 43 heavy (non-hydrogen) atoms. The van der Waals surface area contributed by atoms with E-state index in [2.05, 4.69) is 0 Å². The highest BCUT2D eigenvalue weighted by Crippen LogP contribution is 2.37. The van der Waals surface area contributed by atoms with E-state index in [0.29, 0.717) is 19.3 Å². The van der Waals surface area contributed by atoms with Crippen molar-refractivity contribution in [2.75, 3.05) is 22.9 Å². The SMILES string of the molecule is CC1(C)C(=O)N(c2ccc([N+](=O)[O-])c(Cl)c2)C(=O)N1CCCCCN1C(=O)N(c2ccc([N+](=O)[O-])c(Cl)c2)C(=O)C1(C)C. The second-order valence-corrected chi connectivity index (χ2v) is 11.9. The molecule has 2 aromatic rings. The Bertz CT molecular complexity index is 1450. The Kier molecular flexibility index (Phi) is 8.40. The van der Waals surface area contributed by atoms with Crippen LogP contribution in [0.2, 0.25) is 10.0 Å². The van der Waals surface area contributed by atoms with Crippen molar-refractivity contribution < 1.29 is 29.0 Å². The normalized spacial score (nSPS) is 17.8. The van der Waals surface area contributed by atoms with Crippen molar-refractivity contribution in [1.82, 2.24) is 9.80 Å². The Morgan fingerprint density at radius 3 is 1.30 bits per heavy atom. The molecule has 0 bridgehead atoms. The van der Waals surface area contributed by atoms with Gasteiger partial charge < -0.3 is 9.80 Å². The number of halogens is 2. The van der Waals surface area contributed by atoms with Gasteiger partial charge in [0.05, 0.1) is 21.2 Å². The quantitative estimate of drug-likeness (QED) is 0.137. The molecule has 4 rings (SSSR count). The Morgan fingerprint density at radius 1 is 0.651 bits per heavy atom. The number of hydrogen-bond donors (Lipinski definition) is 0. The van der Waals surface area contributed by atoms with Crippen LogP contribution in [0.25, 0.3) is 0 Å². The van der Waals surface area contributed by atoms with Crippen LogP contribution >= 0.6 is 23.2 Å². The summed E-state index contributed by atoms with van der Waals surface area (Å²) in [6.45, 7) is 6.87. The minimum atomic E-state index is -1.18. The molecule has 2 aliphatic heterocycles. The second kappa shape index (κ2) is 11.4. The first-order valence-corrected chi connectivity index (χ1v) is 14.0. The molecule has 0 spiro atoms. The summed E-state index contributed by atoms with van der Waals surface area (Å²) in [6.07, 6.45) is 1.51. The van der Waals surface area contributed by atoms with Gasteiger partial charge in [-0.15, -0.1) is 0 Å². The van der Waals surface area contributed by atoms with Gasteiger partial charge in [0, 0.05) is 25.2 Å². The summed E-state index contributed by atoms with van der Waals surface area (Å²) in [5.41, 5.74) is -2.81. The van der Waals surface area contributed by atoms with Crippen molar-refractivity contribution in [2.24, 2.45) is 0 Å². The van der Waals surface area contributed by atoms with Crippen LogP contribution in [0.5, 0.6) is 0 Å². The lowest BCUT2D eigenvalue weighted by atomic mass is 10.0. The fraction of sp³-hybridized carbons (Fsp3) is 0.407. The molecule has 14 nitrogen and oxygen atoms in total. The predicted molar refractivity (Wildman–Crippen MR) is 157 cm³/mol. The molecule has 6 amide bonds. The highest BCUT2D eigenvalue weighted by molar-refractivity contribution is 6.34. The molecule has 0 radical (unpaired) electrons. The number of rotatable bonds is 10. The van der Waals surface area contributed by atoms with E-state index >= 15 is 0 Å². The summed E-state index contributed by atoms with van der Waals surface area (Å²) in [5, 5.41) is 21.8. The third-order valence-corrected chi connectivity index (χ3v) is 8.29. The van der Waals surface area contributed by atoms with Crippen LogP contribution in [0.3, 0.4) is 0 Å². The summed E-state index contributed by atoms with van der Waals surface area (Å²) in [4.78, 5) is 78.4. The Hall–Kier alpha value is -4.30. The Labute approximate surface area is 256 Å². The van der Waals surface area contributed by atoms with E-state index in [1.54, 1.807) is 27.7 Å². The fourth-order valence-electron chi connectivity index (χ4n) is 5.16. The van der Waals surface area contributed by atoms with E-state index in [1.807, 2.05) is 0 Å². The van der Waals surface area contributed by atoms with Crippen LogP contribution < -0.4 is 9.80 Å². The van der Waals surface area contributed by atoms with E-state index in [1.165, 1.54) is 34.1 Å². The van der Waals surface area contributed by atoms with Gasteiger partial charge in [-0.25, -0.2) is 19.4 Å².